The van der Waals surface area contributed by atoms with Crippen molar-refractivity contribution < 1.29 is 19.4 Å². The monoisotopic (exact) mass is 305 g/mol. The van der Waals surface area contributed by atoms with E-state index in [0.29, 0.717) is 19.4 Å². The smallest absolute Gasteiger partial charge is 0.323 e. The van der Waals surface area contributed by atoms with E-state index in [-0.39, 0.29) is 30.6 Å². The first-order valence-electron chi connectivity index (χ1n) is 7.67. The normalized spacial score (nSPS) is 24.2. The van der Waals surface area contributed by atoms with Crippen LogP contribution in [0.25, 0.3) is 0 Å². The average molecular weight is 305 g/mol. The average Bonchev–Trinajstić information content (AvgIpc) is 2.82. The number of amides is 1. The molecule has 0 aliphatic carbocycles. The first-order chi connectivity index (χ1) is 10.5. The lowest BCUT2D eigenvalue weighted by Gasteiger charge is -2.25. The van der Waals surface area contributed by atoms with E-state index < -0.39 is 5.97 Å². The third-order valence-corrected chi connectivity index (χ3v) is 4.07. The summed E-state index contributed by atoms with van der Waals surface area (Å²) in [6.45, 7) is 3.97. The molecule has 0 saturated carbocycles. The molecule has 120 valence electrons. The molecule has 1 N–H and O–H groups in total. The molecule has 1 fully saturated rings. The van der Waals surface area contributed by atoms with E-state index in [1.54, 1.807) is 0 Å². The number of carboxylic acid groups (broad SMARTS) is 1. The maximum Gasteiger partial charge on any atom is 0.323 e. The van der Waals surface area contributed by atoms with Crippen LogP contribution < -0.4 is 0 Å². The number of hydrogen-bond donors (Lipinski definition) is 1. The highest BCUT2D eigenvalue weighted by atomic mass is 16.5. The molecule has 1 amide bonds. The molecule has 1 aromatic carbocycles. The van der Waals surface area contributed by atoms with Crippen LogP contribution in [0.4, 0.5) is 0 Å². The highest BCUT2D eigenvalue weighted by molar-refractivity contribution is 5.83. The topological polar surface area (TPSA) is 66.8 Å². The molecule has 5 nitrogen and oxygen atoms in total. The maximum atomic E-state index is 12.6. The lowest BCUT2D eigenvalue weighted by atomic mass is 9.98. The molecule has 3 unspecified atom stereocenters. The zero-order valence-corrected chi connectivity index (χ0v) is 13.1. The number of carbonyl (C=O) groups is 2. The van der Waals surface area contributed by atoms with Crippen molar-refractivity contribution in [3.05, 3.63) is 35.9 Å². The maximum absolute atomic E-state index is 12.6. The minimum absolute atomic E-state index is 0.0461. The molecular weight excluding hydrogens is 282 g/mol. The second-order valence-corrected chi connectivity index (χ2v) is 5.88. The molecule has 3 atom stereocenters. The van der Waals surface area contributed by atoms with Crippen molar-refractivity contribution in [3.8, 4) is 0 Å². The molecule has 0 aromatic heterocycles. The minimum Gasteiger partial charge on any atom is -0.480 e. The van der Waals surface area contributed by atoms with Gasteiger partial charge in [0, 0.05) is 6.54 Å². The van der Waals surface area contributed by atoms with E-state index in [1.807, 2.05) is 44.2 Å². The number of carboxylic acids is 1. The predicted molar refractivity (Wildman–Crippen MR) is 82.5 cm³/mol. The van der Waals surface area contributed by atoms with Gasteiger partial charge in [0.1, 0.15) is 6.54 Å². The third-order valence-electron chi connectivity index (χ3n) is 4.07. The third kappa shape index (κ3) is 4.31. The number of benzene rings is 1. The zero-order chi connectivity index (χ0) is 16.1. The van der Waals surface area contributed by atoms with Crippen molar-refractivity contribution in [2.45, 2.75) is 38.9 Å². The van der Waals surface area contributed by atoms with Crippen molar-refractivity contribution in [1.82, 2.24) is 4.90 Å². The van der Waals surface area contributed by atoms with Crippen LogP contribution >= 0.6 is 0 Å². The summed E-state index contributed by atoms with van der Waals surface area (Å²) in [5.41, 5.74) is 1.09. The number of ether oxygens (including phenoxy) is 1. The Morgan fingerprint density at radius 3 is 2.50 bits per heavy atom. The summed E-state index contributed by atoms with van der Waals surface area (Å²) >= 11 is 0. The summed E-state index contributed by atoms with van der Waals surface area (Å²) in [6, 6.07) is 9.77. The highest BCUT2D eigenvalue weighted by Gasteiger charge is 2.37. The SMILES string of the molecule is CC1CC(C(=O)N(CCc2ccccc2)CC(=O)O)C(C)O1. The highest BCUT2D eigenvalue weighted by Crippen LogP contribution is 2.27. The van der Waals surface area contributed by atoms with Gasteiger partial charge in [-0.05, 0) is 32.3 Å². The molecule has 5 heteroatoms. The lowest BCUT2D eigenvalue weighted by Crippen LogP contribution is -2.42. The van der Waals surface area contributed by atoms with E-state index in [0.717, 1.165) is 5.56 Å². The number of nitrogens with zero attached hydrogens (tertiary/aromatic N) is 1. The first kappa shape index (κ1) is 16.5. The summed E-state index contributed by atoms with van der Waals surface area (Å²) in [7, 11) is 0. The van der Waals surface area contributed by atoms with Gasteiger partial charge in [0.05, 0.1) is 18.1 Å². The van der Waals surface area contributed by atoms with Crippen molar-refractivity contribution in [3.63, 3.8) is 0 Å². The van der Waals surface area contributed by atoms with Crippen LogP contribution in [0, 0.1) is 5.92 Å². The molecule has 22 heavy (non-hydrogen) atoms. The largest absolute Gasteiger partial charge is 0.480 e. The Hall–Kier alpha value is -1.88. The molecule has 1 heterocycles. The summed E-state index contributed by atoms with van der Waals surface area (Å²) in [5, 5.41) is 9.07. The van der Waals surface area contributed by atoms with Gasteiger partial charge in [-0.25, -0.2) is 0 Å². The molecule has 1 aromatic rings. The Bertz CT molecular complexity index is 517. The van der Waals surface area contributed by atoms with Gasteiger partial charge >= 0.3 is 5.97 Å². The molecule has 0 bridgehead atoms. The van der Waals surface area contributed by atoms with Gasteiger partial charge in [-0.2, -0.15) is 0 Å². The van der Waals surface area contributed by atoms with Crippen molar-refractivity contribution in [2.75, 3.05) is 13.1 Å². The second kappa shape index (κ2) is 7.40. The van der Waals surface area contributed by atoms with Gasteiger partial charge in [-0.1, -0.05) is 30.3 Å². The first-order valence-corrected chi connectivity index (χ1v) is 7.67. The fraction of sp³-hybridized carbons (Fsp3) is 0.529. The van der Waals surface area contributed by atoms with Crippen LogP contribution in [0.5, 0.6) is 0 Å². The Balaban J connectivity index is 2.02. The summed E-state index contributed by atoms with van der Waals surface area (Å²) in [6.07, 6.45) is 1.19. The lowest BCUT2D eigenvalue weighted by molar-refractivity contribution is -0.147. The minimum atomic E-state index is -0.985. The Kier molecular flexibility index (Phi) is 5.55. The molecule has 1 aliphatic heterocycles. The molecule has 2 rings (SSSR count). The van der Waals surface area contributed by atoms with Gasteiger partial charge in [-0.3, -0.25) is 9.59 Å². The van der Waals surface area contributed by atoms with E-state index in [9.17, 15) is 9.59 Å². The predicted octanol–water partition coefficient (Wildman–Crippen LogP) is 1.96. The van der Waals surface area contributed by atoms with Crippen LogP contribution in [0.15, 0.2) is 30.3 Å². The van der Waals surface area contributed by atoms with Gasteiger partial charge in [-0.15, -0.1) is 0 Å². The summed E-state index contributed by atoms with van der Waals surface area (Å²) in [5.74, 6) is -1.35. The molecular formula is C17H23NO4. The van der Waals surface area contributed by atoms with E-state index in [1.165, 1.54) is 4.90 Å². The van der Waals surface area contributed by atoms with Crippen LogP contribution in [-0.2, 0) is 20.7 Å². The van der Waals surface area contributed by atoms with E-state index in [4.69, 9.17) is 9.84 Å². The van der Waals surface area contributed by atoms with Crippen molar-refractivity contribution in [2.24, 2.45) is 5.92 Å². The van der Waals surface area contributed by atoms with Crippen molar-refractivity contribution >= 4 is 11.9 Å². The Morgan fingerprint density at radius 1 is 1.27 bits per heavy atom. The van der Waals surface area contributed by atoms with E-state index in [2.05, 4.69) is 0 Å². The number of hydrogen-bond acceptors (Lipinski definition) is 3. The van der Waals surface area contributed by atoms with Gasteiger partial charge in [0.25, 0.3) is 0 Å². The van der Waals surface area contributed by atoms with Gasteiger partial charge < -0.3 is 14.7 Å². The molecule has 0 spiro atoms. The van der Waals surface area contributed by atoms with Crippen molar-refractivity contribution in [1.29, 1.82) is 0 Å². The van der Waals surface area contributed by atoms with Crippen LogP contribution in [-0.4, -0.2) is 47.2 Å². The van der Waals surface area contributed by atoms with E-state index >= 15 is 0 Å². The second-order valence-electron chi connectivity index (χ2n) is 5.88. The summed E-state index contributed by atoms with van der Waals surface area (Å²) in [4.78, 5) is 25.1. The van der Waals surface area contributed by atoms with Crippen LogP contribution in [0.1, 0.15) is 25.8 Å². The standard InChI is InChI=1S/C17H23NO4/c1-12-10-15(13(2)22-12)17(21)18(11-16(19)20)9-8-14-6-4-3-5-7-14/h3-7,12-13,15H,8-11H2,1-2H3,(H,19,20). The van der Waals surface area contributed by atoms with Gasteiger partial charge in [0.2, 0.25) is 5.91 Å². The van der Waals surface area contributed by atoms with Crippen LogP contribution in [0.2, 0.25) is 0 Å². The zero-order valence-electron chi connectivity index (χ0n) is 13.1. The molecule has 0 radical (unpaired) electrons. The Labute approximate surface area is 130 Å². The fourth-order valence-electron chi connectivity index (χ4n) is 2.94. The number of rotatable bonds is 6. The quantitative estimate of drug-likeness (QED) is 0.872. The molecule has 1 saturated heterocycles. The Morgan fingerprint density at radius 2 is 1.95 bits per heavy atom. The van der Waals surface area contributed by atoms with Crippen LogP contribution in [0.3, 0.4) is 0 Å². The molecule has 1 aliphatic rings. The summed E-state index contributed by atoms with van der Waals surface area (Å²) < 4.78 is 5.62. The fourth-order valence-corrected chi connectivity index (χ4v) is 2.94. The van der Waals surface area contributed by atoms with Gasteiger partial charge in [0.15, 0.2) is 0 Å². The number of carbonyl (C=O) groups excluding carboxylic acids is 1. The number of aliphatic carboxylic acids is 1.